The van der Waals surface area contributed by atoms with E-state index in [2.05, 4.69) is 23.0 Å². The Balaban J connectivity index is 1.86. The average Bonchev–Trinajstić information content (AvgIpc) is 2.79. The van der Waals surface area contributed by atoms with Gasteiger partial charge in [-0.25, -0.2) is 14.8 Å². The van der Waals surface area contributed by atoms with E-state index in [0.717, 1.165) is 24.0 Å². The number of nitriles is 1. The van der Waals surface area contributed by atoms with Gasteiger partial charge in [-0.3, -0.25) is 0 Å². The molecule has 1 aromatic carbocycles. The van der Waals surface area contributed by atoms with E-state index >= 15 is 0 Å². The first-order chi connectivity index (χ1) is 15.0. The highest BCUT2D eigenvalue weighted by Crippen LogP contribution is 2.26. The van der Waals surface area contributed by atoms with Crippen LogP contribution in [0.25, 0.3) is 11.4 Å². The van der Waals surface area contributed by atoms with Crippen molar-refractivity contribution in [3.8, 4) is 23.2 Å². The number of carbonyl (C=O) groups excluding carboxylic acids is 1. The quantitative estimate of drug-likeness (QED) is 0.205. The molecule has 1 aromatic heterocycles. The standard InChI is InChI=1S/C26H35N3O2/c1-4-6-7-8-9-10-11-12-21-18-28-24(29-19-21)22-13-15-23(16-14-22)31-25(30)26(3,20-27)17-5-2/h13-16,18-19H,4-12,17H2,1-3H3. The van der Waals surface area contributed by atoms with E-state index < -0.39 is 11.4 Å². The van der Waals surface area contributed by atoms with Gasteiger partial charge in [0.05, 0.1) is 6.07 Å². The molecule has 1 atom stereocenters. The van der Waals surface area contributed by atoms with E-state index in [-0.39, 0.29) is 0 Å². The van der Waals surface area contributed by atoms with Gasteiger partial charge in [0.2, 0.25) is 0 Å². The lowest BCUT2D eigenvalue weighted by Crippen LogP contribution is -2.30. The highest BCUT2D eigenvalue weighted by molar-refractivity contribution is 5.81. The van der Waals surface area contributed by atoms with Crippen LogP contribution in [0.1, 0.15) is 84.1 Å². The fraction of sp³-hybridized carbons (Fsp3) is 0.538. The first kappa shape index (κ1) is 24.5. The van der Waals surface area contributed by atoms with Crippen LogP contribution in [0.3, 0.4) is 0 Å². The smallest absolute Gasteiger partial charge is 0.331 e. The van der Waals surface area contributed by atoms with Crippen LogP contribution in [-0.4, -0.2) is 15.9 Å². The molecule has 2 aromatic rings. The van der Waals surface area contributed by atoms with Crippen molar-refractivity contribution in [2.45, 2.75) is 85.0 Å². The fourth-order valence-corrected chi connectivity index (χ4v) is 3.51. The second-order valence-electron chi connectivity index (χ2n) is 8.39. The van der Waals surface area contributed by atoms with Crippen LogP contribution in [0.5, 0.6) is 5.75 Å². The molecule has 0 spiro atoms. The summed E-state index contributed by atoms with van der Waals surface area (Å²) in [7, 11) is 0. The summed E-state index contributed by atoms with van der Waals surface area (Å²) in [6, 6.07) is 9.17. The summed E-state index contributed by atoms with van der Waals surface area (Å²) in [5.74, 6) is 0.548. The third-order valence-corrected chi connectivity index (χ3v) is 5.54. The van der Waals surface area contributed by atoms with Crippen molar-refractivity contribution in [1.29, 1.82) is 5.26 Å². The minimum atomic E-state index is -1.12. The minimum Gasteiger partial charge on any atom is -0.425 e. The summed E-state index contributed by atoms with van der Waals surface area (Å²) in [5, 5.41) is 9.32. The van der Waals surface area contributed by atoms with Crippen LogP contribution in [0.4, 0.5) is 0 Å². The fourth-order valence-electron chi connectivity index (χ4n) is 3.51. The number of rotatable bonds is 13. The van der Waals surface area contributed by atoms with Crippen molar-refractivity contribution in [3.05, 3.63) is 42.2 Å². The van der Waals surface area contributed by atoms with Gasteiger partial charge in [0.1, 0.15) is 5.75 Å². The van der Waals surface area contributed by atoms with E-state index in [9.17, 15) is 10.1 Å². The molecule has 0 amide bonds. The lowest BCUT2D eigenvalue weighted by Gasteiger charge is -2.18. The molecular weight excluding hydrogens is 386 g/mol. The molecule has 1 unspecified atom stereocenters. The summed E-state index contributed by atoms with van der Waals surface area (Å²) >= 11 is 0. The number of ether oxygens (including phenoxy) is 1. The number of unbranched alkanes of at least 4 members (excludes halogenated alkanes) is 6. The molecule has 0 aliphatic carbocycles. The summed E-state index contributed by atoms with van der Waals surface area (Å²) < 4.78 is 5.42. The zero-order valence-corrected chi connectivity index (χ0v) is 19.2. The molecular formula is C26H35N3O2. The average molecular weight is 422 g/mol. The second-order valence-corrected chi connectivity index (χ2v) is 8.39. The molecule has 5 heteroatoms. The van der Waals surface area contributed by atoms with Crippen LogP contribution in [0, 0.1) is 16.7 Å². The molecule has 0 saturated carbocycles. The Morgan fingerprint density at radius 1 is 0.968 bits per heavy atom. The molecule has 0 bridgehead atoms. The van der Waals surface area contributed by atoms with Gasteiger partial charge < -0.3 is 4.74 Å². The predicted octanol–water partition coefficient (Wildman–Crippen LogP) is 6.67. The normalized spacial score (nSPS) is 12.7. The molecule has 1 heterocycles. The number of benzene rings is 1. The van der Waals surface area contributed by atoms with Crippen molar-refractivity contribution < 1.29 is 9.53 Å². The van der Waals surface area contributed by atoms with Gasteiger partial charge in [0, 0.05) is 18.0 Å². The lowest BCUT2D eigenvalue weighted by molar-refractivity contribution is -0.142. The van der Waals surface area contributed by atoms with Crippen molar-refractivity contribution in [1.82, 2.24) is 9.97 Å². The van der Waals surface area contributed by atoms with Crippen molar-refractivity contribution >= 4 is 5.97 Å². The molecule has 166 valence electrons. The molecule has 31 heavy (non-hydrogen) atoms. The van der Waals surface area contributed by atoms with Crippen molar-refractivity contribution in [2.24, 2.45) is 5.41 Å². The Morgan fingerprint density at radius 2 is 1.58 bits per heavy atom. The van der Waals surface area contributed by atoms with E-state index in [4.69, 9.17) is 4.74 Å². The number of carbonyl (C=O) groups is 1. The highest BCUT2D eigenvalue weighted by atomic mass is 16.5. The topological polar surface area (TPSA) is 75.9 Å². The SMILES string of the molecule is CCCCCCCCCc1cnc(-c2ccc(OC(=O)C(C)(C#N)CCC)cc2)nc1. The Morgan fingerprint density at radius 3 is 2.16 bits per heavy atom. The van der Waals surface area contributed by atoms with Gasteiger partial charge in [-0.1, -0.05) is 58.8 Å². The van der Waals surface area contributed by atoms with Gasteiger partial charge in [-0.2, -0.15) is 5.26 Å². The van der Waals surface area contributed by atoms with Crippen LogP contribution < -0.4 is 4.74 Å². The van der Waals surface area contributed by atoms with Gasteiger partial charge >= 0.3 is 5.97 Å². The number of nitrogens with zero attached hydrogens (tertiary/aromatic N) is 3. The first-order valence-electron chi connectivity index (χ1n) is 11.6. The molecule has 0 fully saturated rings. The zero-order chi connectivity index (χ0) is 22.5. The molecule has 0 saturated heterocycles. The molecule has 0 aliphatic rings. The maximum atomic E-state index is 12.4. The summed E-state index contributed by atoms with van der Waals surface area (Å²) in [4.78, 5) is 21.3. The van der Waals surface area contributed by atoms with E-state index in [1.807, 2.05) is 31.5 Å². The van der Waals surface area contributed by atoms with Crippen LogP contribution in [0.15, 0.2) is 36.7 Å². The number of hydrogen-bond donors (Lipinski definition) is 0. The third-order valence-electron chi connectivity index (χ3n) is 5.54. The third kappa shape index (κ3) is 7.79. The van der Waals surface area contributed by atoms with Crippen LogP contribution >= 0.6 is 0 Å². The van der Waals surface area contributed by atoms with E-state index in [0.29, 0.717) is 18.0 Å². The summed E-state index contributed by atoms with van der Waals surface area (Å²) in [6.07, 6.45) is 15.1. The Labute approximate surface area is 186 Å². The monoisotopic (exact) mass is 421 g/mol. The maximum Gasteiger partial charge on any atom is 0.331 e. The number of aryl methyl sites for hydroxylation is 1. The summed E-state index contributed by atoms with van der Waals surface area (Å²) in [6.45, 7) is 5.80. The Hall–Kier alpha value is -2.74. The summed E-state index contributed by atoms with van der Waals surface area (Å²) in [5.41, 5.74) is 0.899. The first-order valence-corrected chi connectivity index (χ1v) is 11.6. The molecule has 0 radical (unpaired) electrons. The van der Waals surface area contributed by atoms with Crippen molar-refractivity contribution in [3.63, 3.8) is 0 Å². The Bertz CT molecular complexity index is 840. The lowest BCUT2D eigenvalue weighted by atomic mass is 9.87. The van der Waals surface area contributed by atoms with Gasteiger partial charge in [0.15, 0.2) is 11.2 Å². The maximum absolute atomic E-state index is 12.4. The van der Waals surface area contributed by atoms with Gasteiger partial charge in [0.25, 0.3) is 0 Å². The molecule has 5 nitrogen and oxygen atoms in total. The van der Waals surface area contributed by atoms with Crippen LogP contribution in [-0.2, 0) is 11.2 Å². The number of esters is 1. The predicted molar refractivity (Wildman–Crippen MR) is 123 cm³/mol. The van der Waals surface area contributed by atoms with Gasteiger partial charge in [-0.05, 0) is 56.0 Å². The Kier molecular flexibility index (Phi) is 10.2. The minimum absolute atomic E-state index is 0.418. The highest BCUT2D eigenvalue weighted by Gasteiger charge is 2.34. The van der Waals surface area contributed by atoms with Crippen LogP contribution in [0.2, 0.25) is 0 Å². The largest absolute Gasteiger partial charge is 0.425 e. The van der Waals surface area contributed by atoms with Gasteiger partial charge in [-0.15, -0.1) is 0 Å². The van der Waals surface area contributed by atoms with E-state index in [1.165, 1.54) is 44.9 Å². The zero-order valence-electron chi connectivity index (χ0n) is 19.2. The number of hydrogen-bond acceptors (Lipinski definition) is 5. The molecule has 2 rings (SSSR count). The van der Waals surface area contributed by atoms with Crippen molar-refractivity contribution in [2.75, 3.05) is 0 Å². The number of aromatic nitrogens is 2. The molecule has 0 N–H and O–H groups in total. The van der Waals surface area contributed by atoms with E-state index in [1.54, 1.807) is 19.1 Å². The molecule has 0 aliphatic heterocycles. The second kappa shape index (κ2) is 12.8.